The van der Waals surface area contributed by atoms with Crippen molar-refractivity contribution >= 4 is 33.6 Å². The summed E-state index contributed by atoms with van der Waals surface area (Å²) >= 11 is 0. The van der Waals surface area contributed by atoms with Crippen LogP contribution in [-0.2, 0) is 0 Å². The van der Waals surface area contributed by atoms with Gasteiger partial charge in [0, 0.05) is 48.8 Å². The van der Waals surface area contributed by atoms with E-state index in [2.05, 4.69) is 85.1 Å². The molecule has 0 bridgehead atoms. The van der Waals surface area contributed by atoms with Crippen LogP contribution in [0.15, 0.2) is 73.6 Å². The Kier molecular flexibility index (Phi) is 9.14. The lowest BCUT2D eigenvalue weighted by atomic mass is 9.93. The van der Waals surface area contributed by atoms with Crippen LogP contribution >= 0.6 is 0 Å². The van der Waals surface area contributed by atoms with E-state index in [0.29, 0.717) is 34.7 Å². The topological polar surface area (TPSA) is 210 Å². The van der Waals surface area contributed by atoms with Crippen LogP contribution in [0.2, 0.25) is 0 Å². The monoisotopic (exact) mass is 746 g/mol. The van der Waals surface area contributed by atoms with E-state index >= 15 is 0 Å². The maximum Gasteiger partial charge on any atom is 0.213 e. The molecule has 2 aliphatic rings. The van der Waals surface area contributed by atoms with Crippen molar-refractivity contribution in [1.82, 2.24) is 59.1 Å². The maximum atomic E-state index is 8.91. The number of ether oxygens (including phenoxy) is 2. The Morgan fingerprint density at radius 1 is 0.607 bits per heavy atom. The number of nitriles is 2. The van der Waals surface area contributed by atoms with E-state index < -0.39 is 0 Å². The van der Waals surface area contributed by atoms with Gasteiger partial charge in [0.1, 0.15) is 36.0 Å². The third kappa shape index (κ3) is 6.38. The SMILES string of the molecule is CC[C@@H]1C[C@@H](Oc2ccc(C#N)cn2)C[C@H]1c1nnc2cnc3[nH]ccc3n12.CC[C@H]1C[C@H](Oc2ccc(C#N)cn2)C[C@@H]1c1nnc2cnc3[nH]ccc3n12. The van der Waals surface area contributed by atoms with Gasteiger partial charge in [-0.3, -0.25) is 8.80 Å². The summed E-state index contributed by atoms with van der Waals surface area (Å²) in [4.78, 5) is 23.6. The summed E-state index contributed by atoms with van der Waals surface area (Å²) in [6, 6.07) is 15.1. The van der Waals surface area contributed by atoms with Gasteiger partial charge in [0.25, 0.3) is 0 Å². The molecule has 8 aromatic heterocycles. The van der Waals surface area contributed by atoms with Gasteiger partial charge in [-0.1, -0.05) is 26.7 Å². The zero-order valence-corrected chi connectivity index (χ0v) is 30.8. The van der Waals surface area contributed by atoms with Gasteiger partial charge in [-0.15, -0.1) is 20.4 Å². The molecular weight excluding hydrogens is 709 g/mol. The largest absolute Gasteiger partial charge is 0.474 e. The van der Waals surface area contributed by atoms with Crippen molar-refractivity contribution in [2.24, 2.45) is 11.8 Å². The number of aromatic amines is 2. The minimum Gasteiger partial charge on any atom is -0.474 e. The predicted molar refractivity (Wildman–Crippen MR) is 204 cm³/mol. The van der Waals surface area contributed by atoms with Gasteiger partial charge >= 0.3 is 0 Å². The number of nitrogens with zero attached hydrogens (tertiary/aromatic N) is 12. The van der Waals surface area contributed by atoms with Crippen molar-refractivity contribution in [2.75, 3.05) is 0 Å². The van der Waals surface area contributed by atoms with Gasteiger partial charge in [0.2, 0.25) is 11.8 Å². The van der Waals surface area contributed by atoms with Crippen LogP contribution in [0.1, 0.15) is 87.0 Å². The van der Waals surface area contributed by atoms with Crippen molar-refractivity contribution in [3.8, 4) is 23.9 Å². The van der Waals surface area contributed by atoms with Gasteiger partial charge in [-0.05, 0) is 61.8 Å². The normalized spacial score (nSPS) is 21.9. The second kappa shape index (κ2) is 14.7. The highest BCUT2D eigenvalue weighted by Crippen LogP contribution is 2.44. The van der Waals surface area contributed by atoms with Crippen LogP contribution in [0.4, 0.5) is 0 Å². The number of nitrogens with one attached hydrogen (secondary N) is 2. The minimum atomic E-state index is 0.0614. The molecular formula is C40H38N14O2. The van der Waals surface area contributed by atoms with Crippen molar-refractivity contribution in [3.05, 3.63) is 96.4 Å². The Bertz CT molecular complexity index is 2530. The Labute approximate surface area is 320 Å². The number of hydrogen-bond donors (Lipinski definition) is 2. The molecule has 10 rings (SSSR count). The van der Waals surface area contributed by atoms with Crippen LogP contribution in [0.25, 0.3) is 33.6 Å². The smallest absolute Gasteiger partial charge is 0.213 e. The molecule has 8 aromatic rings. The van der Waals surface area contributed by atoms with E-state index in [1.165, 1.54) is 0 Å². The molecule has 56 heavy (non-hydrogen) atoms. The highest BCUT2D eigenvalue weighted by atomic mass is 16.5. The Balaban J connectivity index is 0.000000146. The molecule has 0 spiro atoms. The molecule has 16 heteroatoms. The molecule has 6 atom stereocenters. The highest BCUT2D eigenvalue weighted by molar-refractivity contribution is 5.75. The second-order valence-corrected chi connectivity index (χ2v) is 14.4. The lowest BCUT2D eigenvalue weighted by molar-refractivity contribution is 0.194. The van der Waals surface area contributed by atoms with Crippen LogP contribution in [0.3, 0.4) is 0 Å². The zero-order chi connectivity index (χ0) is 38.2. The Morgan fingerprint density at radius 2 is 1.07 bits per heavy atom. The summed E-state index contributed by atoms with van der Waals surface area (Å²) in [5, 5.41) is 35.6. The average Bonchev–Trinajstić information content (AvgIpc) is 4.09. The average molecular weight is 747 g/mol. The van der Waals surface area contributed by atoms with Crippen LogP contribution < -0.4 is 9.47 Å². The summed E-state index contributed by atoms with van der Waals surface area (Å²) in [7, 11) is 0. The number of fused-ring (bicyclic) bond motifs is 6. The van der Waals surface area contributed by atoms with Gasteiger partial charge < -0.3 is 19.4 Å². The molecule has 0 saturated heterocycles. The first kappa shape index (κ1) is 34.8. The number of H-pyrrole nitrogens is 2. The quantitative estimate of drug-likeness (QED) is 0.172. The molecule has 2 N–H and O–H groups in total. The lowest BCUT2D eigenvalue weighted by Gasteiger charge is -2.15. The Hall–Kier alpha value is -6.94. The lowest BCUT2D eigenvalue weighted by Crippen LogP contribution is -2.13. The molecule has 2 aliphatic carbocycles. The molecule has 8 heterocycles. The summed E-state index contributed by atoms with van der Waals surface area (Å²) in [5.41, 5.74) is 6.22. The number of aromatic nitrogens is 12. The van der Waals surface area contributed by atoms with E-state index in [4.69, 9.17) is 20.0 Å². The van der Waals surface area contributed by atoms with Crippen LogP contribution in [0.5, 0.6) is 11.8 Å². The summed E-state index contributed by atoms with van der Waals surface area (Å²) < 4.78 is 16.5. The first-order valence-corrected chi connectivity index (χ1v) is 18.9. The van der Waals surface area contributed by atoms with E-state index in [1.54, 1.807) is 49.1 Å². The summed E-state index contributed by atoms with van der Waals surface area (Å²) in [5.74, 6) is 4.47. The van der Waals surface area contributed by atoms with E-state index in [1.807, 2.05) is 24.5 Å². The Morgan fingerprint density at radius 3 is 1.46 bits per heavy atom. The minimum absolute atomic E-state index is 0.0614. The van der Waals surface area contributed by atoms with E-state index in [-0.39, 0.29) is 24.0 Å². The van der Waals surface area contributed by atoms with Crippen molar-refractivity contribution in [1.29, 1.82) is 10.5 Å². The van der Waals surface area contributed by atoms with Gasteiger partial charge in [-0.25, -0.2) is 19.9 Å². The molecule has 0 aromatic carbocycles. The second-order valence-electron chi connectivity index (χ2n) is 14.4. The fraction of sp³-hybridized carbons (Fsp3) is 0.350. The third-order valence-corrected chi connectivity index (χ3v) is 11.3. The standard InChI is InChI=1S/2C20H19N7O/c2*1-2-13-7-14(28-18-4-3-12(9-21)10-23-18)8-15(13)20-26-25-17-11-24-19-16(27(17)20)5-6-22-19/h2*3-6,10-11,13-15,22H,2,7-8H2,1H3/t2*13-,14-,15-/m10/s1. The molecule has 16 nitrogen and oxygen atoms in total. The van der Waals surface area contributed by atoms with Gasteiger partial charge in [0.05, 0.1) is 34.6 Å². The third-order valence-electron chi connectivity index (χ3n) is 11.3. The first-order valence-electron chi connectivity index (χ1n) is 18.9. The van der Waals surface area contributed by atoms with Gasteiger partial charge in [0.15, 0.2) is 22.6 Å². The molecule has 0 radical (unpaired) electrons. The van der Waals surface area contributed by atoms with Crippen molar-refractivity contribution in [2.45, 2.75) is 76.4 Å². The number of hydrogen-bond acceptors (Lipinski definition) is 12. The molecule has 0 aliphatic heterocycles. The zero-order valence-electron chi connectivity index (χ0n) is 30.8. The molecule has 2 fully saturated rings. The maximum absolute atomic E-state index is 8.91. The molecule has 280 valence electrons. The molecule has 0 unspecified atom stereocenters. The number of pyridine rings is 2. The number of rotatable bonds is 8. The summed E-state index contributed by atoms with van der Waals surface area (Å²) in [6.45, 7) is 4.41. The first-order chi connectivity index (χ1) is 27.5. The summed E-state index contributed by atoms with van der Waals surface area (Å²) in [6.07, 6.45) is 16.2. The van der Waals surface area contributed by atoms with E-state index in [9.17, 15) is 0 Å². The van der Waals surface area contributed by atoms with Crippen LogP contribution in [0, 0.1) is 34.5 Å². The molecule has 0 amide bonds. The molecule has 2 saturated carbocycles. The fourth-order valence-corrected chi connectivity index (χ4v) is 8.53. The fourth-order valence-electron chi connectivity index (χ4n) is 8.53. The highest BCUT2D eigenvalue weighted by Gasteiger charge is 2.40. The van der Waals surface area contributed by atoms with E-state index in [0.717, 1.165) is 83.8 Å². The predicted octanol–water partition coefficient (Wildman–Crippen LogP) is 6.45. The van der Waals surface area contributed by atoms with Gasteiger partial charge in [-0.2, -0.15) is 10.5 Å². The van der Waals surface area contributed by atoms with Crippen molar-refractivity contribution < 1.29 is 9.47 Å². The van der Waals surface area contributed by atoms with Crippen LogP contribution in [-0.4, -0.2) is 71.3 Å². The van der Waals surface area contributed by atoms with Crippen molar-refractivity contribution in [3.63, 3.8) is 0 Å².